The van der Waals surface area contributed by atoms with Crippen molar-refractivity contribution >= 4 is 21.9 Å². The smallest absolute Gasteiger partial charge is 0.164 e. The highest BCUT2D eigenvalue weighted by Crippen LogP contribution is 2.49. The molecule has 1 aliphatic heterocycles. The fraction of sp³-hybridized carbons (Fsp3) is 0.0930. The minimum absolute atomic E-state index is 0.0104. The van der Waals surface area contributed by atoms with Gasteiger partial charge >= 0.3 is 0 Å². The monoisotopic (exact) mass is 605 g/mol. The lowest BCUT2D eigenvalue weighted by Gasteiger charge is -2.24. The molecule has 0 saturated heterocycles. The van der Waals surface area contributed by atoms with Gasteiger partial charge < -0.3 is 4.74 Å². The van der Waals surface area contributed by atoms with Crippen LogP contribution < -0.4 is 4.74 Å². The second-order valence-electron chi connectivity index (χ2n) is 12.3. The first-order valence-electron chi connectivity index (χ1n) is 16.2. The molecule has 0 radical (unpaired) electrons. The fourth-order valence-electron chi connectivity index (χ4n) is 7.22. The molecule has 9 rings (SSSR count). The highest BCUT2D eigenvalue weighted by atomic mass is 16.5. The molecule has 0 spiro atoms. The van der Waals surface area contributed by atoms with Gasteiger partial charge in [-0.25, -0.2) is 15.0 Å². The van der Waals surface area contributed by atoms with Crippen molar-refractivity contribution in [2.45, 2.75) is 24.4 Å². The molecule has 0 bridgehead atoms. The standard InChI is InChI=1S/C43H31N3O/c1-3-13-28(14-4-1)30-17-11-18-31(27-30)42-44-41(29-15-5-2-6-16-29)45-43(46-42)36-26-25-34(32-19-7-8-20-33(32)36)35-22-12-24-39-40(35)37-21-9-10-23-38(37)47-39/h1-26,31,39-40H,27H2. The van der Waals surface area contributed by atoms with Crippen LogP contribution in [-0.4, -0.2) is 21.1 Å². The maximum atomic E-state index is 6.37. The molecular formula is C43H31N3O. The lowest BCUT2D eigenvalue weighted by Crippen LogP contribution is -2.19. The van der Waals surface area contributed by atoms with Gasteiger partial charge in [-0.3, -0.25) is 0 Å². The van der Waals surface area contributed by atoms with Crippen molar-refractivity contribution in [2.24, 2.45) is 0 Å². The lowest BCUT2D eigenvalue weighted by molar-refractivity contribution is 0.271. The summed E-state index contributed by atoms with van der Waals surface area (Å²) in [7, 11) is 0. The van der Waals surface area contributed by atoms with Crippen LogP contribution in [0.15, 0.2) is 158 Å². The van der Waals surface area contributed by atoms with Gasteiger partial charge in [-0.05, 0) is 57.7 Å². The minimum atomic E-state index is -0.0104. The molecule has 3 unspecified atom stereocenters. The number of hydrogen-bond acceptors (Lipinski definition) is 4. The number of rotatable bonds is 5. The maximum Gasteiger partial charge on any atom is 0.164 e. The van der Waals surface area contributed by atoms with Gasteiger partial charge in [0, 0.05) is 22.6 Å². The van der Waals surface area contributed by atoms with Gasteiger partial charge in [0.1, 0.15) is 17.7 Å². The third-order valence-electron chi connectivity index (χ3n) is 9.47. The largest absolute Gasteiger partial charge is 0.485 e. The number of fused-ring (bicyclic) bond motifs is 4. The van der Waals surface area contributed by atoms with Crippen molar-refractivity contribution in [3.63, 3.8) is 0 Å². The fourth-order valence-corrected chi connectivity index (χ4v) is 7.22. The molecule has 5 aromatic carbocycles. The van der Waals surface area contributed by atoms with Gasteiger partial charge in [0.25, 0.3) is 0 Å². The molecule has 4 nitrogen and oxygen atoms in total. The van der Waals surface area contributed by atoms with Crippen molar-refractivity contribution in [1.82, 2.24) is 15.0 Å². The van der Waals surface area contributed by atoms with Crippen molar-refractivity contribution in [1.29, 1.82) is 0 Å². The highest BCUT2D eigenvalue weighted by Gasteiger charge is 2.37. The second kappa shape index (κ2) is 11.5. The molecule has 0 N–H and O–H groups in total. The first-order chi connectivity index (χ1) is 23.3. The summed E-state index contributed by atoms with van der Waals surface area (Å²) in [6.07, 6.45) is 13.9. The second-order valence-corrected chi connectivity index (χ2v) is 12.3. The summed E-state index contributed by atoms with van der Waals surface area (Å²) in [5, 5.41) is 2.29. The Morgan fingerprint density at radius 3 is 2.04 bits per heavy atom. The van der Waals surface area contributed by atoms with Crippen molar-refractivity contribution in [2.75, 3.05) is 0 Å². The van der Waals surface area contributed by atoms with Crippen LogP contribution >= 0.6 is 0 Å². The topological polar surface area (TPSA) is 47.9 Å². The summed E-state index contributed by atoms with van der Waals surface area (Å²) in [6, 6.07) is 42.2. The number of benzene rings is 5. The van der Waals surface area contributed by atoms with E-state index in [9.17, 15) is 0 Å². The molecule has 6 aromatic rings. The number of para-hydroxylation sites is 1. The predicted octanol–water partition coefficient (Wildman–Crippen LogP) is 9.98. The summed E-state index contributed by atoms with van der Waals surface area (Å²) in [6.45, 7) is 0. The third kappa shape index (κ3) is 4.90. The number of ether oxygens (including phenoxy) is 1. The zero-order valence-electron chi connectivity index (χ0n) is 25.7. The number of aromatic nitrogens is 3. The van der Waals surface area contributed by atoms with E-state index in [0.717, 1.165) is 34.5 Å². The Morgan fingerprint density at radius 2 is 1.21 bits per heavy atom. The van der Waals surface area contributed by atoms with Crippen LogP contribution in [0.2, 0.25) is 0 Å². The van der Waals surface area contributed by atoms with Gasteiger partial charge in [-0.15, -0.1) is 0 Å². The summed E-state index contributed by atoms with van der Waals surface area (Å²) in [5.41, 5.74) is 8.18. The predicted molar refractivity (Wildman–Crippen MR) is 190 cm³/mol. The van der Waals surface area contributed by atoms with E-state index in [-0.39, 0.29) is 17.9 Å². The van der Waals surface area contributed by atoms with Gasteiger partial charge in [-0.2, -0.15) is 0 Å². The van der Waals surface area contributed by atoms with Crippen LogP contribution in [0.5, 0.6) is 5.75 Å². The van der Waals surface area contributed by atoms with E-state index < -0.39 is 0 Å². The minimum Gasteiger partial charge on any atom is -0.485 e. The van der Waals surface area contributed by atoms with Crippen molar-refractivity contribution in [3.05, 3.63) is 180 Å². The molecule has 4 heteroatoms. The Kier molecular flexibility index (Phi) is 6.71. The van der Waals surface area contributed by atoms with Crippen molar-refractivity contribution < 1.29 is 4.74 Å². The summed E-state index contributed by atoms with van der Waals surface area (Å²) < 4.78 is 6.37. The van der Waals surface area contributed by atoms with E-state index in [1.165, 1.54) is 33.2 Å². The molecular weight excluding hydrogens is 574 g/mol. The van der Waals surface area contributed by atoms with Crippen molar-refractivity contribution in [3.8, 4) is 28.5 Å². The maximum absolute atomic E-state index is 6.37. The molecule has 0 amide bonds. The first kappa shape index (κ1) is 27.4. The summed E-state index contributed by atoms with van der Waals surface area (Å²) in [5.74, 6) is 3.29. The van der Waals surface area contributed by atoms with Gasteiger partial charge in [0.05, 0.1) is 5.92 Å². The van der Waals surface area contributed by atoms with Crippen LogP contribution in [0, 0.1) is 0 Å². The van der Waals surface area contributed by atoms with Crippen LogP contribution in [0.25, 0.3) is 44.7 Å². The van der Waals surface area contributed by atoms with E-state index in [2.05, 4.69) is 134 Å². The molecule has 47 heavy (non-hydrogen) atoms. The third-order valence-corrected chi connectivity index (χ3v) is 9.47. The SMILES string of the molecule is C1=CC(c2nc(-c3ccccc3)nc(-c3ccc(C4=CC=CC5Oc6ccccc6C45)c4ccccc34)n2)CC(c2ccccc2)=C1. The molecule has 0 saturated carbocycles. The zero-order valence-corrected chi connectivity index (χ0v) is 25.7. The Balaban J connectivity index is 1.17. The average Bonchev–Trinajstić information content (AvgIpc) is 3.54. The van der Waals surface area contributed by atoms with Crippen LogP contribution in [0.3, 0.4) is 0 Å². The van der Waals surface area contributed by atoms with Crippen LogP contribution in [0.1, 0.15) is 40.8 Å². The summed E-state index contributed by atoms with van der Waals surface area (Å²) in [4.78, 5) is 15.4. The number of nitrogens with zero attached hydrogens (tertiary/aromatic N) is 3. The Bertz CT molecular complexity index is 2270. The normalized spacial score (nSPS) is 19.4. The summed E-state index contributed by atoms with van der Waals surface area (Å²) >= 11 is 0. The molecule has 3 aliphatic rings. The molecule has 224 valence electrons. The average molecular weight is 606 g/mol. The first-order valence-corrected chi connectivity index (χ1v) is 16.2. The highest BCUT2D eigenvalue weighted by molar-refractivity contribution is 6.03. The Morgan fingerprint density at radius 1 is 0.553 bits per heavy atom. The zero-order chi connectivity index (χ0) is 31.2. The van der Waals surface area contributed by atoms with Crippen LogP contribution in [0.4, 0.5) is 0 Å². The number of hydrogen-bond donors (Lipinski definition) is 0. The van der Waals surface area contributed by atoms with E-state index in [1.807, 2.05) is 24.3 Å². The van der Waals surface area contributed by atoms with E-state index in [0.29, 0.717) is 11.6 Å². The molecule has 0 fully saturated rings. The number of allylic oxidation sites excluding steroid dienone is 6. The quantitative estimate of drug-likeness (QED) is 0.196. The molecule has 2 aliphatic carbocycles. The lowest BCUT2D eigenvalue weighted by atomic mass is 9.79. The van der Waals surface area contributed by atoms with Gasteiger partial charge in [0.2, 0.25) is 0 Å². The Labute approximate surface area is 274 Å². The Hall–Kier alpha value is -5.87. The van der Waals surface area contributed by atoms with E-state index in [1.54, 1.807) is 0 Å². The molecule has 1 aromatic heterocycles. The van der Waals surface area contributed by atoms with Gasteiger partial charge in [0.15, 0.2) is 11.6 Å². The van der Waals surface area contributed by atoms with Crippen LogP contribution in [-0.2, 0) is 0 Å². The van der Waals surface area contributed by atoms with Gasteiger partial charge in [-0.1, -0.05) is 140 Å². The molecule has 3 atom stereocenters. The van der Waals surface area contributed by atoms with E-state index >= 15 is 0 Å². The molecule has 2 heterocycles. The van der Waals surface area contributed by atoms with E-state index in [4.69, 9.17) is 19.7 Å².